The van der Waals surface area contributed by atoms with Gasteiger partial charge in [0, 0.05) is 25.7 Å². The van der Waals surface area contributed by atoms with Gasteiger partial charge in [-0.1, -0.05) is 66.7 Å². The van der Waals surface area contributed by atoms with Crippen molar-refractivity contribution in [1.82, 2.24) is 15.1 Å². The molecule has 1 aliphatic carbocycles. The van der Waals surface area contributed by atoms with Crippen molar-refractivity contribution in [2.24, 2.45) is 0 Å². The number of methoxy groups -OCH3 is 1. The molecule has 246 valence electrons. The van der Waals surface area contributed by atoms with Gasteiger partial charge in [-0.05, 0) is 74.3 Å². The van der Waals surface area contributed by atoms with Crippen LogP contribution in [0.1, 0.15) is 78.4 Å². The third-order valence-electron chi connectivity index (χ3n) is 10.1. The van der Waals surface area contributed by atoms with Crippen molar-refractivity contribution in [3.8, 4) is 5.75 Å². The predicted molar refractivity (Wildman–Crippen MR) is 177 cm³/mol. The summed E-state index contributed by atoms with van der Waals surface area (Å²) in [4.78, 5) is 58.6. The van der Waals surface area contributed by atoms with E-state index in [9.17, 15) is 19.2 Å². The Morgan fingerprint density at radius 1 is 0.851 bits per heavy atom. The molecule has 2 fully saturated rings. The van der Waals surface area contributed by atoms with E-state index in [-0.39, 0.29) is 36.3 Å². The molecule has 2 heterocycles. The molecule has 3 amide bonds. The highest BCUT2D eigenvalue weighted by atomic mass is 16.5. The number of hydrogen-bond acceptors (Lipinski definition) is 6. The van der Waals surface area contributed by atoms with Crippen LogP contribution < -0.4 is 10.1 Å². The second-order valence-electron chi connectivity index (χ2n) is 12.6. The first kappa shape index (κ1) is 32.3. The molecule has 9 heteroatoms. The number of likely N-dealkylation sites (tertiary alicyclic amines) is 2. The Labute approximate surface area is 276 Å². The molecule has 3 atom stereocenters. The highest BCUT2D eigenvalue weighted by Gasteiger charge is 2.52. The van der Waals surface area contributed by atoms with Gasteiger partial charge in [0.15, 0.2) is 0 Å². The first-order valence-electron chi connectivity index (χ1n) is 16.7. The van der Waals surface area contributed by atoms with E-state index in [1.807, 2.05) is 71.6 Å². The lowest BCUT2D eigenvalue weighted by molar-refractivity contribution is -0.154. The lowest BCUT2D eigenvalue weighted by Crippen LogP contribution is -2.54. The van der Waals surface area contributed by atoms with Crippen LogP contribution >= 0.6 is 0 Å². The first-order chi connectivity index (χ1) is 22.9. The van der Waals surface area contributed by atoms with Gasteiger partial charge in [0.2, 0.25) is 11.8 Å². The summed E-state index contributed by atoms with van der Waals surface area (Å²) in [7, 11) is 1.55. The summed E-state index contributed by atoms with van der Waals surface area (Å²) in [5, 5.41) is 3.12. The number of ether oxygens (including phenoxy) is 2. The van der Waals surface area contributed by atoms with E-state index >= 15 is 0 Å². The fourth-order valence-electron chi connectivity index (χ4n) is 7.76. The van der Waals surface area contributed by atoms with Crippen LogP contribution in [-0.4, -0.2) is 78.9 Å². The molecule has 6 rings (SSSR count). The van der Waals surface area contributed by atoms with Crippen molar-refractivity contribution in [3.05, 3.63) is 101 Å². The summed E-state index contributed by atoms with van der Waals surface area (Å²) >= 11 is 0. The molecule has 47 heavy (non-hydrogen) atoms. The third-order valence-corrected chi connectivity index (χ3v) is 10.1. The lowest BCUT2D eigenvalue weighted by Gasteiger charge is -2.44. The Morgan fingerprint density at radius 2 is 1.55 bits per heavy atom. The number of nitrogens with zero attached hydrogens (tertiary/aromatic N) is 2. The molecule has 0 unspecified atom stereocenters. The van der Waals surface area contributed by atoms with Crippen molar-refractivity contribution >= 4 is 23.7 Å². The van der Waals surface area contributed by atoms with Crippen molar-refractivity contribution in [3.63, 3.8) is 0 Å². The normalized spacial score (nSPS) is 22.7. The zero-order valence-electron chi connectivity index (χ0n) is 27.2. The van der Waals surface area contributed by atoms with Gasteiger partial charge < -0.3 is 24.6 Å². The van der Waals surface area contributed by atoms with Crippen LogP contribution in [0.4, 0.5) is 0 Å². The van der Waals surface area contributed by atoms with E-state index < -0.39 is 17.4 Å². The number of fused-ring (bicyclic) bond motifs is 1. The SMILES string of the molecule is CCOC(=O)[C@H]1CCCN1C(=O)[C@@]1(c2ccccc2)CC[C@H](C(=O)N2CCC(NC(=O)c3ccccc3OC)CC2)c2ccccc21. The van der Waals surface area contributed by atoms with Gasteiger partial charge in [0.25, 0.3) is 5.91 Å². The second kappa shape index (κ2) is 14.0. The van der Waals surface area contributed by atoms with Crippen LogP contribution in [0.5, 0.6) is 5.75 Å². The van der Waals surface area contributed by atoms with Gasteiger partial charge in [0.1, 0.15) is 11.8 Å². The molecule has 1 N–H and O–H groups in total. The minimum absolute atomic E-state index is 0.0478. The molecule has 3 aromatic rings. The lowest BCUT2D eigenvalue weighted by atomic mass is 9.62. The Bertz CT molecular complexity index is 1620. The van der Waals surface area contributed by atoms with Crippen LogP contribution in [-0.2, 0) is 24.5 Å². The maximum Gasteiger partial charge on any atom is 0.328 e. The molecule has 3 aromatic carbocycles. The van der Waals surface area contributed by atoms with Gasteiger partial charge in [0.05, 0.1) is 30.6 Å². The molecule has 2 aliphatic heterocycles. The average molecular weight is 638 g/mol. The minimum Gasteiger partial charge on any atom is -0.496 e. The number of rotatable bonds is 8. The van der Waals surface area contributed by atoms with Crippen molar-refractivity contribution in [1.29, 1.82) is 0 Å². The van der Waals surface area contributed by atoms with Crippen LogP contribution in [0, 0.1) is 0 Å². The molecular weight excluding hydrogens is 594 g/mol. The van der Waals surface area contributed by atoms with Crippen LogP contribution in [0.15, 0.2) is 78.9 Å². The van der Waals surface area contributed by atoms with Crippen molar-refractivity contribution in [2.45, 2.75) is 68.9 Å². The van der Waals surface area contributed by atoms with E-state index in [1.165, 1.54) is 0 Å². The quantitative estimate of drug-likeness (QED) is 0.355. The number of para-hydroxylation sites is 1. The van der Waals surface area contributed by atoms with Crippen molar-refractivity contribution in [2.75, 3.05) is 33.4 Å². The third kappa shape index (κ3) is 6.11. The summed E-state index contributed by atoms with van der Waals surface area (Å²) < 4.78 is 10.7. The second-order valence-corrected chi connectivity index (χ2v) is 12.6. The topological polar surface area (TPSA) is 105 Å². The summed E-state index contributed by atoms with van der Waals surface area (Å²) in [5.74, 6) is -0.467. The fourth-order valence-corrected chi connectivity index (χ4v) is 7.76. The molecule has 0 bridgehead atoms. The zero-order valence-corrected chi connectivity index (χ0v) is 27.2. The molecule has 3 aliphatic rings. The average Bonchev–Trinajstić information content (AvgIpc) is 3.62. The Balaban J connectivity index is 1.23. The summed E-state index contributed by atoms with van der Waals surface area (Å²) in [6, 6.07) is 24.1. The molecule has 2 saturated heterocycles. The minimum atomic E-state index is -1.03. The zero-order chi connectivity index (χ0) is 33.0. The van der Waals surface area contributed by atoms with E-state index in [4.69, 9.17) is 9.47 Å². The number of hydrogen-bond donors (Lipinski definition) is 1. The molecule has 0 aromatic heterocycles. The van der Waals surface area contributed by atoms with Gasteiger partial charge >= 0.3 is 5.97 Å². The first-order valence-corrected chi connectivity index (χ1v) is 16.7. The molecule has 0 spiro atoms. The standard InChI is InChI=1S/C38H43N3O6/c1-3-47-36(44)32-17-11-23-41(32)37(45)38(26-12-5-4-6-13-26)22-19-29(28-14-7-9-16-31(28)38)35(43)40-24-20-27(21-25-40)39-34(42)30-15-8-10-18-33(30)46-2/h4-10,12-16,18,27,29,32H,3,11,17,19-25H2,1-2H3,(H,39,42)/t29-,32+,38+/m0/s1. The maximum absolute atomic E-state index is 14.8. The van der Waals surface area contributed by atoms with Crippen LogP contribution in [0.25, 0.3) is 0 Å². The molecule has 0 radical (unpaired) electrons. The van der Waals surface area contributed by atoms with E-state index in [1.54, 1.807) is 31.1 Å². The number of piperidine rings is 1. The van der Waals surface area contributed by atoms with Crippen LogP contribution in [0.2, 0.25) is 0 Å². The number of benzene rings is 3. The number of carbonyl (C=O) groups excluding carboxylic acids is 4. The molecular formula is C38H43N3O6. The van der Waals surface area contributed by atoms with Gasteiger partial charge in [-0.2, -0.15) is 0 Å². The highest BCUT2D eigenvalue weighted by molar-refractivity contribution is 5.98. The summed E-state index contributed by atoms with van der Waals surface area (Å²) in [6.45, 7) is 3.60. The van der Waals surface area contributed by atoms with E-state index in [2.05, 4.69) is 5.32 Å². The number of carbonyl (C=O) groups is 4. The Morgan fingerprint density at radius 3 is 2.30 bits per heavy atom. The van der Waals surface area contributed by atoms with Gasteiger partial charge in [-0.3, -0.25) is 14.4 Å². The molecule has 9 nitrogen and oxygen atoms in total. The fraction of sp³-hybridized carbons (Fsp3) is 0.421. The largest absolute Gasteiger partial charge is 0.496 e. The van der Waals surface area contributed by atoms with Crippen molar-refractivity contribution < 1.29 is 28.7 Å². The van der Waals surface area contributed by atoms with Crippen LogP contribution in [0.3, 0.4) is 0 Å². The highest BCUT2D eigenvalue weighted by Crippen LogP contribution is 2.49. The van der Waals surface area contributed by atoms with Gasteiger partial charge in [-0.15, -0.1) is 0 Å². The maximum atomic E-state index is 14.8. The number of amides is 3. The van der Waals surface area contributed by atoms with E-state index in [0.717, 1.165) is 23.1 Å². The Hall–Kier alpha value is -4.66. The summed E-state index contributed by atoms with van der Waals surface area (Å²) in [5.41, 5.74) is 2.02. The molecule has 0 saturated carbocycles. The monoisotopic (exact) mass is 637 g/mol. The summed E-state index contributed by atoms with van der Waals surface area (Å²) in [6.07, 6.45) is 3.56. The smallest absolute Gasteiger partial charge is 0.328 e. The number of esters is 1. The predicted octanol–water partition coefficient (Wildman–Crippen LogP) is 4.83. The van der Waals surface area contributed by atoms with E-state index in [0.29, 0.717) is 63.1 Å². The van der Waals surface area contributed by atoms with Gasteiger partial charge in [-0.25, -0.2) is 4.79 Å². The number of nitrogens with one attached hydrogen (secondary N) is 1. The Kier molecular flexibility index (Phi) is 9.61.